The van der Waals surface area contributed by atoms with Crippen molar-refractivity contribution >= 4 is 45.5 Å². The van der Waals surface area contributed by atoms with E-state index in [4.69, 9.17) is 4.74 Å². The van der Waals surface area contributed by atoms with Gasteiger partial charge in [0.05, 0.1) is 6.33 Å². The zero-order valence-corrected chi connectivity index (χ0v) is 18.0. The zero-order valence-electron chi connectivity index (χ0n) is 15.9. The summed E-state index contributed by atoms with van der Waals surface area (Å²) in [4.78, 5) is 24.9. The van der Waals surface area contributed by atoms with Gasteiger partial charge < -0.3 is 20.3 Å². The fourth-order valence-electron chi connectivity index (χ4n) is 3.30. The molecule has 1 aliphatic rings. The van der Waals surface area contributed by atoms with Gasteiger partial charge in [-0.05, 0) is 40.3 Å². The first kappa shape index (κ1) is 20.9. The smallest absolute Gasteiger partial charge is 0.266 e. The molecular weight excluding hydrogens is 505 g/mol. The van der Waals surface area contributed by atoms with Crippen molar-refractivity contribution < 1.29 is 19.7 Å². The van der Waals surface area contributed by atoms with Gasteiger partial charge in [0.1, 0.15) is 18.5 Å². The van der Waals surface area contributed by atoms with Crippen LogP contribution in [0.5, 0.6) is 0 Å². The largest absolute Gasteiger partial charge is 0.387 e. The number of ether oxygens (including phenoxy) is 1. The number of hydrogen-bond donors (Lipinski definition) is 5. The fourth-order valence-corrected chi connectivity index (χ4v) is 3.91. The van der Waals surface area contributed by atoms with Crippen molar-refractivity contribution in [1.82, 2.24) is 30.4 Å². The molecule has 4 atom stereocenters. The lowest BCUT2D eigenvalue weighted by molar-refractivity contribution is -0.138. The van der Waals surface area contributed by atoms with Crippen molar-refractivity contribution in [3.63, 3.8) is 0 Å². The van der Waals surface area contributed by atoms with Gasteiger partial charge in [0.25, 0.3) is 5.91 Å². The van der Waals surface area contributed by atoms with Gasteiger partial charge in [-0.3, -0.25) is 14.8 Å². The van der Waals surface area contributed by atoms with E-state index >= 15 is 0 Å². The molecule has 1 aromatic carbocycles. The summed E-state index contributed by atoms with van der Waals surface area (Å²) in [6, 6.07) is 8.06. The molecule has 0 aliphatic carbocycles. The number of aliphatic hydroxyl groups excluding tert-OH is 2. The van der Waals surface area contributed by atoms with Gasteiger partial charge in [0, 0.05) is 17.2 Å². The van der Waals surface area contributed by atoms with Gasteiger partial charge in [0.2, 0.25) is 0 Å². The van der Waals surface area contributed by atoms with Gasteiger partial charge in [0.15, 0.2) is 29.3 Å². The number of hydrazine groups is 1. The maximum atomic E-state index is 12.0. The second-order valence-corrected chi connectivity index (χ2v) is 7.94. The van der Waals surface area contributed by atoms with Gasteiger partial charge in [-0.25, -0.2) is 20.4 Å². The van der Waals surface area contributed by atoms with Gasteiger partial charge in [-0.2, -0.15) is 0 Å². The number of imidazole rings is 1. The highest BCUT2D eigenvalue weighted by Crippen LogP contribution is 2.32. The molecule has 1 amide bonds. The Labute approximate surface area is 185 Å². The Hall–Kier alpha value is -2.39. The molecule has 1 saturated heterocycles. The zero-order chi connectivity index (χ0) is 21.3. The number of aliphatic hydroxyl groups is 2. The molecule has 158 valence electrons. The Kier molecular flexibility index (Phi) is 6.10. The lowest BCUT2D eigenvalue weighted by Gasteiger charge is -2.16. The van der Waals surface area contributed by atoms with E-state index in [0.717, 1.165) is 9.13 Å². The van der Waals surface area contributed by atoms with Crippen LogP contribution in [0.1, 0.15) is 11.8 Å². The van der Waals surface area contributed by atoms with Crippen molar-refractivity contribution in [3.8, 4) is 0 Å². The molecular formula is C18H20IN7O4. The van der Waals surface area contributed by atoms with Crippen molar-refractivity contribution in [2.45, 2.75) is 31.1 Å². The van der Waals surface area contributed by atoms with Crippen molar-refractivity contribution in [3.05, 3.63) is 46.1 Å². The van der Waals surface area contributed by atoms with Crippen molar-refractivity contribution in [1.29, 1.82) is 0 Å². The molecule has 0 spiro atoms. The Morgan fingerprint density at radius 2 is 2.10 bits per heavy atom. The molecule has 4 rings (SSSR count). The molecule has 4 unspecified atom stereocenters. The third-order valence-corrected chi connectivity index (χ3v) is 5.40. The molecule has 0 bridgehead atoms. The van der Waals surface area contributed by atoms with Crippen LogP contribution in [0.2, 0.25) is 0 Å². The monoisotopic (exact) mass is 525 g/mol. The summed E-state index contributed by atoms with van der Waals surface area (Å²) in [6.07, 6.45) is -2.20. The SMILES string of the molecule is CNNC(=O)C1OC(n2cnc3c(NCc4cccc(I)c4)ncnc32)C(O)C1O. The summed E-state index contributed by atoms with van der Waals surface area (Å²) in [7, 11) is 1.51. The van der Waals surface area contributed by atoms with E-state index in [0.29, 0.717) is 23.5 Å². The van der Waals surface area contributed by atoms with E-state index in [2.05, 4.69) is 59.8 Å². The third kappa shape index (κ3) is 3.96. The first-order valence-electron chi connectivity index (χ1n) is 9.13. The summed E-state index contributed by atoms with van der Waals surface area (Å²) >= 11 is 2.25. The summed E-state index contributed by atoms with van der Waals surface area (Å²) in [5.74, 6) is -0.0689. The van der Waals surface area contributed by atoms with Gasteiger partial charge in [-0.1, -0.05) is 12.1 Å². The van der Waals surface area contributed by atoms with Crippen LogP contribution in [0.15, 0.2) is 36.9 Å². The minimum absolute atomic E-state index is 0.404. The van der Waals surface area contributed by atoms with Crippen LogP contribution < -0.4 is 16.2 Å². The summed E-state index contributed by atoms with van der Waals surface area (Å²) < 4.78 is 8.24. The van der Waals surface area contributed by atoms with Crippen LogP contribution in [0.25, 0.3) is 11.2 Å². The number of rotatable bonds is 6. The van der Waals surface area contributed by atoms with Gasteiger partial charge in [-0.15, -0.1) is 0 Å². The van der Waals surface area contributed by atoms with E-state index in [1.165, 1.54) is 24.3 Å². The Morgan fingerprint density at radius 1 is 1.27 bits per heavy atom. The Balaban J connectivity index is 1.58. The number of anilines is 1. The number of carbonyl (C=O) groups excluding carboxylic acids is 1. The minimum Gasteiger partial charge on any atom is -0.387 e. The third-order valence-electron chi connectivity index (χ3n) is 4.73. The predicted octanol–water partition coefficient (Wildman–Crippen LogP) is -0.0872. The molecule has 2 aromatic heterocycles. The van der Waals surface area contributed by atoms with E-state index in [9.17, 15) is 15.0 Å². The molecule has 11 nitrogen and oxygen atoms in total. The summed E-state index contributed by atoms with van der Waals surface area (Å²) in [6.45, 7) is 0.545. The minimum atomic E-state index is -1.40. The van der Waals surface area contributed by atoms with E-state index in [1.807, 2.05) is 18.2 Å². The number of halogens is 1. The quantitative estimate of drug-likeness (QED) is 0.220. The van der Waals surface area contributed by atoms with Crippen LogP contribution in [-0.4, -0.2) is 61.0 Å². The molecule has 5 N–H and O–H groups in total. The van der Waals surface area contributed by atoms with Crippen LogP contribution in [-0.2, 0) is 16.1 Å². The Bertz CT molecular complexity index is 1060. The lowest BCUT2D eigenvalue weighted by Crippen LogP contribution is -2.46. The number of amides is 1. The average Bonchev–Trinajstić information content (AvgIpc) is 3.28. The molecule has 12 heteroatoms. The first-order chi connectivity index (χ1) is 14.5. The molecule has 1 aliphatic heterocycles. The molecule has 1 fully saturated rings. The molecule has 0 radical (unpaired) electrons. The fraction of sp³-hybridized carbons (Fsp3) is 0.333. The number of benzene rings is 1. The summed E-state index contributed by atoms with van der Waals surface area (Å²) in [5.41, 5.74) is 6.79. The normalized spacial score (nSPS) is 23.6. The molecule has 30 heavy (non-hydrogen) atoms. The number of nitrogens with zero attached hydrogens (tertiary/aromatic N) is 4. The highest BCUT2D eigenvalue weighted by atomic mass is 127. The second-order valence-electron chi connectivity index (χ2n) is 6.70. The maximum Gasteiger partial charge on any atom is 0.266 e. The Morgan fingerprint density at radius 3 is 2.87 bits per heavy atom. The number of aromatic nitrogens is 4. The number of hydrogen-bond acceptors (Lipinski definition) is 9. The average molecular weight is 525 g/mol. The van der Waals surface area contributed by atoms with Crippen LogP contribution in [0.4, 0.5) is 5.82 Å². The highest BCUT2D eigenvalue weighted by Gasteiger charge is 2.47. The standard InChI is InChI=1S/C18H20IN7O4/c1-20-25-17(29)14-12(27)13(28)18(30-14)26-8-24-11-15(22-7-23-16(11)26)21-6-9-3-2-4-10(19)5-9/h2-5,7-8,12-14,18,20,27-28H,6H2,1H3,(H,25,29)(H,21,22,23). The maximum absolute atomic E-state index is 12.0. The first-order valence-corrected chi connectivity index (χ1v) is 10.2. The van der Waals surface area contributed by atoms with Crippen LogP contribution >= 0.6 is 22.6 Å². The number of fused-ring (bicyclic) bond motifs is 1. The lowest BCUT2D eigenvalue weighted by atomic mass is 10.1. The second kappa shape index (κ2) is 8.77. The van der Waals surface area contributed by atoms with Crippen molar-refractivity contribution in [2.75, 3.05) is 12.4 Å². The van der Waals surface area contributed by atoms with Crippen LogP contribution in [0.3, 0.4) is 0 Å². The highest BCUT2D eigenvalue weighted by molar-refractivity contribution is 14.1. The summed E-state index contributed by atoms with van der Waals surface area (Å²) in [5, 5.41) is 23.9. The molecule has 0 saturated carbocycles. The van der Waals surface area contributed by atoms with Crippen molar-refractivity contribution in [2.24, 2.45) is 0 Å². The van der Waals surface area contributed by atoms with E-state index in [-0.39, 0.29) is 0 Å². The molecule has 3 heterocycles. The van der Waals surface area contributed by atoms with E-state index in [1.54, 1.807) is 0 Å². The topological polar surface area (TPSA) is 146 Å². The molecule has 3 aromatic rings. The van der Waals surface area contributed by atoms with Gasteiger partial charge >= 0.3 is 0 Å². The number of nitrogens with one attached hydrogen (secondary N) is 3. The van der Waals surface area contributed by atoms with Crippen LogP contribution in [0, 0.1) is 3.57 Å². The predicted molar refractivity (Wildman–Crippen MR) is 115 cm³/mol. The van der Waals surface area contributed by atoms with E-state index < -0.39 is 30.4 Å². The number of carbonyl (C=O) groups is 1.